The fourth-order valence-electron chi connectivity index (χ4n) is 1.69. The number of aliphatic hydroxyl groups excluding tert-OH is 2. The van der Waals surface area contributed by atoms with Crippen molar-refractivity contribution in [1.29, 1.82) is 0 Å². The van der Waals surface area contributed by atoms with Crippen molar-refractivity contribution in [1.82, 2.24) is 0 Å². The monoisotopic (exact) mass is 279 g/mol. The molecule has 6 nitrogen and oxygen atoms in total. The van der Waals surface area contributed by atoms with E-state index in [1.807, 2.05) is 0 Å². The lowest BCUT2D eigenvalue weighted by molar-refractivity contribution is -0.103. The lowest BCUT2D eigenvalue weighted by Crippen LogP contribution is -2.39. The van der Waals surface area contributed by atoms with E-state index in [0.29, 0.717) is 11.0 Å². The summed E-state index contributed by atoms with van der Waals surface area (Å²) in [6.07, 6.45) is -8.31. The van der Waals surface area contributed by atoms with Crippen molar-refractivity contribution in [2.75, 3.05) is 4.90 Å². The van der Waals surface area contributed by atoms with Gasteiger partial charge in [-0.1, -0.05) is 0 Å². The molecule has 0 amide bonds. The van der Waals surface area contributed by atoms with Gasteiger partial charge in [-0.05, 0) is 12.1 Å². The number of alkyl halides is 3. The number of halogens is 3. The van der Waals surface area contributed by atoms with Crippen LogP contribution in [0.4, 0.5) is 19.1 Å². The maximum Gasteiger partial charge on any atom is 0.416 e. The summed E-state index contributed by atoms with van der Waals surface area (Å²) in [5.41, 5.74) is -1.34. The van der Waals surface area contributed by atoms with Gasteiger partial charge in [0.25, 0.3) is 0 Å². The minimum absolute atomic E-state index is 0.382. The maximum absolute atomic E-state index is 12.5. The minimum atomic E-state index is -4.81. The van der Waals surface area contributed by atoms with Crippen LogP contribution in [-0.2, 0) is 0 Å². The van der Waals surface area contributed by atoms with Crippen molar-refractivity contribution in [3.63, 3.8) is 0 Å². The number of aromatic carboxylic acids is 1. The largest absolute Gasteiger partial charge is 0.475 e. The van der Waals surface area contributed by atoms with Crippen molar-refractivity contribution in [3.05, 3.63) is 29.5 Å². The third kappa shape index (κ3) is 2.29. The molecular formula is C10H8F3NO5. The Morgan fingerprint density at radius 1 is 1.32 bits per heavy atom. The number of hydrogen-bond donors (Lipinski definition) is 3. The zero-order valence-corrected chi connectivity index (χ0v) is 9.13. The highest BCUT2D eigenvalue weighted by Crippen LogP contribution is 2.37. The molecule has 2 heterocycles. The summed E-state index contributed by atoms with van der Waals surface area (Å²) in [6.45, 7) is 0. The van der Waals surface area contributed by atoms with Crippen LogP contribution in [0, 0.1) is 0 Å². The average molecular weight is 279 g/mol. The second kappa shape index (κ2) is 4.28. The van der Waals surface area contributed by atoms with E-state index in [1.54, 1.807) is 0 Å². The topological polar surface area (TPSA) is 94.1 Å². The Kier molecular flexibility index (Phi) is 3.03. The summed E-state index contributed by atoms with van der Waals surface area (Å²) in [5, 5.41) is 27.6. The Morgan fingerprint density at radius 2 is 1.95 bits per heavy atom. The number of carboxylic acids is 1. The van der Waals surface area contributed by atoms with E-state index in [1.165, 1.54) is 0 Å². The molecule has 0 saturated heterocycles. The predicted octanol–water partition coefficient (Wildman–Crippen LogP) is 0.923. The Bertz CT molecular complexity index is 536. The minimum Gasteiger partial charge on any atom is -0.475 e. The first-order chi connectivity index (χ1) is 8.71. The van der Waals surface area contributed by atoms with Gasteiger partial charge in [0.05, 0.1) is 5.57 Å². The summed E-state index contributed by atoms with van der Waals surface area (Å²) < 4.78 is 42.3. The molecule has 0 spiro atoms. The van der Waals surface area contributed by atoms with Gasteiger partial charge in [0.2, 0.25) is 11.6 Å². The molecule has 2 atom stereocenters. The van der Waals surface area contributed by atoms with E-state index in [4.69, 9.17) is 9.52 Å². The lowest BCUT2D eigenvalue weighted by Gasteiger charge is -2.25. The number of aliphatic hydroxyl groups is 2. The molecule has 0 fully saturated rings. The van der Waals surface area contributed by atoms with Crippen LogP contribution >= 0.6 is 0 Å². The van der Waals surface area contributed by atoms with E-state index in [2.05, 4.69) is 0 Å². The Labute approximate surface area is 104 Å². The number of furan rings is 1. The quantitative estimate of drug-likeness (QED) is 0.697. The third-order valence-electron chi connectivity index (χ3n) is 2.54. The van der Waals surface area contributed by atoms with Gasteiger partial charge >= 0.3 is 12.1 Å². The van der Waals surface area contributed by atoms with Crippen molar-refractivity contribution in [2.45, 2.75) is 18.6 Å². The number of carbonyl (C=O) groups is 1. The first-order valence-corrected chi connectivity index (χ1v) is 4.98. The first kappa shape index (κ1) is 13.4. The normalized spacial score (nSPS) is 23.6. The molecule has 3 N–H and O–H groups in total. The van der Waals surface area contributed by atoms with E-state index in [9.17, 15) is 28.2 Å². The Hall–Kier alpha value is -2.00. The first-order valence-electron chi connectivity index (χ1n) is 4.98. The third-order valence-corrected chi connectivity index (χ3v) is 2.54. The molecule has 0 aromatic carbocycles. The van der Waals surface area contributed by atoms with Crippen LogP contribution in [0.2, 0.25) is 0 Å². The number of carboxylic acid groups (broad SMARTS) is 1. The summed E-state index contributed by atoms with van der Waals surface area (Å²) in [4.78, 5) is 11.1. The fourth-order valence-corrected chi connectivity index (χ4v) is 1.69. The van der Waals surface area contributed by atoms with Crippen LogP contribution in [0.15, 0.2) is 28.2 Å². The van der Waals surface area contributed by atoms with Gasteiger partial charge in [-0.3, -0.25) is 4.90 Å². The van der Waals surface area contributed by atoms with Crippen molar-refractivity contribution in [3.8, 4) is 0 Å². The molecule has 0 bridgehead atoms. The fraction of sp³-hybridized carbons (Fsp3) is 0.300. The molecule has 19 heavy (non-hydrogen) atoms. The Balaban J connectivity index is 2.30. The van der Waals surface area contributed by atoms with Gasteiger partial charge in [0.1, 0.15) is 0 Å². The molecule has 1 aliphatic heterocycles. The Morgan fingerprint density at radius 3 is 2.37 bits per heavy atom. The molecule has 0 radical (unpaired) electrons. The standard InChI is InChI=1S/C10H8F3NO5/c11-10(12,13)4-3-6(15)14(8(4)16)7-2-1-5(19-7)9(17)18/h1-3,6,8,15-16H,(H,17,18). The predicted molar refractivity (Wildman–Crippen MR) is 54.3 cm³/mol. The molecule has 0 aliphatic carbocycles. The average Bonchev–Trinajstić information content (AvgIpc) is 2.82. The van der Waals surface area contributed by atoms with E-state index >= 15 is 0 Å². The van der Waals surface area contributed by atoms with Gasteiger partial charge in [-0.15, -0.1) is 0 Å². The second-order valence-corrected chi connectivity index (χ2v) is 3.76. The van der Waals surface area contributed by atoms with Gasteiger partial charge in [0, 0.05) is 6.07 Å². The zero-order valence-electron chi connectivity index (χ0n) is 9.13. The van der Waals surface area contributed by atoms with E-state index in [0.717, 1.165) is 12.1 Å². The zero-order chi connectivity index (χ0) is 14.4. The lowest BCUT2D eigenvalue weighted by atomic mass is 10.2. The van der Waals surface area contributed by atoms with Gasteiger partial charge in [-0.25, -0.2) is 4.79 Å². The SMILES string of the molecule is O=C(O)c1ccc(N2C(O)C=C(C(F)(F)F)C2O)o1. The molecular weight excluding hydrogens is 271 g/mol. The van der Waals surface area contributed by atoms with Crippen LogP contribution in [0.25, 0.3) is 0 Å². The van der Waals surface area contributed by atoms with Gasteiger partial charge in [0.15, 0.2) is 12.5 Å². The second-order valence-electron chi connectivity index (χ2n) is 3.76. The summed E-state index contributed by atoms with van der Waals surface area (Å²) in [7, 11) is 0. The van der Waals surface area contributed by atoms with Crippen molar-refractivity contribution < 1.29 is 37.7 Å². The van der Waals surface area contributed by atoms with Crippen LogP contribution < -0.4 is 4.90 Å². The van der Waals surface area contributed by atoms with Crippen LogP contribution in [0.5, 0.6) is 0 Å². The molecule has 1 aromatic heterocycles. The van der Waals surface area contributed by atoms with Crippen LogP contribution in [0.3, 0.4) is 0 Å². The summed E-state index contributed by atoms with van der Waals surface area (Å²) in [6, 6.07) is 2.05. The molecule has 1 aliphatic rings. The van der Waals surface area contributed by atoms with E-state index in [-0.39, 0.29) is 5.88 Å². The summed E-state index contributed by atoms with van der Waals surface area (Å²) in [5.74, 6) is -2.32. The highest BCUT2D eigenvalue weighted by Gasteiger charge is 2.47. The maximum atomic E-state index is 12.5. The van der Waals surface area contributed by atoms with Crippen LogP contribution in [0.1, 0.15) is 10.6 Å². The van der Waals surface area contributed by atoms with E-state index < -0.39 is 35.9 Å². The molecule has 9 heteroatoms. The number of hydrogen-bond acceptors (Lipinski definition) is 5. The number of nitrogens with zero attached hydrogens (tertiary/aromatic N) is 1. The van der Waals surface area contributed by atoms with Crippen molar-refractivity contribution >= 4 is 11.9 Å². The summed E-state index contributed by atoms with van der Waals surface area (Å²) >= 11 is 0. The number of anilines is 1. The highest BCUT2D eigenvalue weighted by atomic mass is 19.4. The molecule has 104 valence electrons. The van der Waals surface area contributed by atoms with Gasteiger partial charge in [-0.2, -0.15) is 13.2 Å². The van der Waals surface area contributed by atoms with Crippen molar-refractivity contribution in [2.24, 2.45) is 0 Å². The van der Waals surface area contributed by atoms with Crippen LogP contribution in [-0.4, -0.2) is 39.9 Å². The molecule has 2 unspecified atom stereocenters. The molecule has 0 saturated carbocycles. The van der Waals surface area contributed by atoms with Gasteiger partial charge < -0.3 is 19.7 Å². The highest BCUT2D eigenvalue weighted by molar-refractivity contribution is 5.84. The molecule has 1 aromatic rings. The molecule has 2 rings (SSSR count). The smallest absolute Gasteiger partial charge is 0.416 e. The number of rotatable bonds is 2.